The van der Waals surface area contributed by atoms with Gasteiger partial charge in [0.15, 0.2) is 0 Å². The molecule has 0 saturated carbocycles. The predicted molar refractivity (Wildman–Crippen MR) is 83.8 cm³/mol. The molecule has 1 amide bonds. The number of carbonyl (C=O) groups is 1. The van der Waals surface area contributed by atoms with Crippen LogP contribution < -0.4 is 5.32 Å². The number of amides is 1. The Balaban J connectivity index is 1.70. The van der Waals surface area contributed by atoms with Crippen LogP contribution in [-0.2, 0) is 0 Å². The Bertz CT molecular complexity index is 505. The summed E-state index contributed by atoms with van der Waals surface area (Å²) in [4.78, 5) is 17.2. The maximum absolute atomic E-state index is 12.7. The van der Waals surface area contributed by atoms with Crippen molar-refractivity contribution in [3.63, 3.8) is 0 Å². The second-order valence-corrected chi connectivity index (χ2v) is 6.87. The molecule has 21 heavy (non-hydrogen) atoms. The smallest absolute Gasteiger partial charge is 0.285 e. The van der Waals surface area contributed by atoms with Gasteiger partial charge in [0.2, 0.25) is 10.1 Å². The van der Waals surface area contributed by atoms with E-state index in [-0.39, 0.29) is 11.9 Å². The van der Waals surface area contributed by atoms with Gasteiger partial charge in [-0.2, -0.15) is 0 Å². The molecule has 2 aliphatic rings. The second-order valence-electron chi connectivity index (χ2n) is 5.89. The number of nitrogens with one attached hydrogen (secondary N) is 1. The van der Waals surface area contributed by atoms with Gasteiger partial charge < -0.3 is 10.2 Å². The molecule has 0 bridgehead atoms. The van der Waals surface area contributed by atoms with Crippen LogP contribution in [0.15, 0.2) is 0 Å². The molecule has 2 saturated heterocycles. The van der Waals surface area contributed by atoms with Crippen molar-refractivity contribution < 1.29 is 4.79 Å². The second kappa shape index (κ2) is 6.27. The monoisotopic (exact) mass is 309 g/mol. The van der Waals surface area contributed by atoms with Crippen molar-refractivity contribution in [1.82, 2.24) is 20.0 Å². The molecule has 0 aliphatic carbocycles. The fourth-order valence-electron chi connectivity index (χ4n) is 3.29. The van der Waals surface area contributed by atoms with E-state index in [2.05, 4.69) is 27.3 Å². The minimum absolute atomic E-state index is 0.0365. The van der Waals surface area contributed by atoms with Crippen molar-refractivity contribution in [2.75, 3.05) is 31.5 Å². The summed E-state index contributed by atoms with van der Waals surface area (Å²) in [5, 5.41) is 12.4. The molecule has 116 valence electrons. The van der Waals surface area contributed by atoms with Gasteiger partial charge in [0.25, 0.3) is 5.91 Å². The molecular formula is C14H23N5OS. The summed E-state index contributed by atoms with van der Waals surface area (Å²) in [6.45, 7) is 7.92. The summed E-state index contributed by atoms with van der Waals surface area (Å²) in [6, 6.07) is 0.776. The third-order valence-electron chi connectivity index (χ3n) is 4.38. The van der Waals surface area contributed by atoms with E-state index < -0.39 is 0 Å². The van der Waals surface area contributed by atoms with Gasteiger partial charge in [0, 0.05) is 31.7 Å². The van der Waals surface area contributed by atoms with E-state index in [1.54, 1.807) is 0 Å². The highest BCUT2D eigenvalue weighted by molar-refractivity contribution is 7.17. The SMILES string of the molecule is CCNc1nnc(C(=O)N2CC3CCCCN3CC2C)s1. The molecule has 2 fully saturated rings. The minimum atomic E-state index is 0.0365. The molecule has 0 radical (unpaired) electrons. The number of piperazine rings is 1. The molecule has 7 heteroatoms. The summed E-state index contributed by atoms with van der Waals surface area (Å²) in [6.07, 6.45) is 3.77. The molecule has 0 aromatic carbocycles. The minimum Gasteiger partial charge on any atom is -0.360 e. The summed E-state index contributed by atoms with van der Waals surface area (Å²) >= 11 is 1.35. The zero-order chi connectivity index (χ0) is 14.8. The molecule has 1 aromatic rings. The van der Waals surface area contributed by atoms with Crippen LogP contribution in [0.1, 0.15) is 42.9 Å². The van der Waals surface area contributed by atoms with Crippen molar-refractivity contribution in [3.8, 4) is 0 Å². The van der Waals surface area contributed by atoms with Crippen molar-refractivity contribution in [2.45, 2.75) is 45.2 Å². The number of rotatable bonds is 3. The Hall–Kier alpha value is -1.21. The molecule has 6 nitrogen and oxygen atoms in total. The van der Waals surface area contributed by atoms with E-state index in [1.165, 1.54) is 37.1 Å². The van der Waals surface area contributed by atoms with Gasteiger partial charge in [-0.05, 0) is 33.2 Å². The first-order valence-electron chi connectivity index (χ1n) is 7.81. The lowest BCUT2D eigenvalue weighted by atomic mass is 9.97. The first-order valence-corrected chi connectivity index (χ1v) is 8.63. The van der Waals surface area contributed by atoms with E-state index in [4.69, 9.17) is 0 Å². The standard InChI is InChI=1S/C14H23N5OS/c1-3-15-14-17-16-12(21-14)13(20)19-9-11-6-4-5-7-18(11)8-10(19)2/h10-11H,3-9H2,1-2H3,(H,15,17). The lowest BCUT2D eigenvalue weighted by Crippen LogP contribution is -2.60. The van der Waals surface area contributed by atoms with Crippen molar-refractivity contribution in [2.24, 2.45) is 0 Å². The lowest BCUT2D eigenvalue weighted by Gasteiger charge is -2.47. The van der Waals surface area contributed by atoms with Crippen LogP contribution in [0.4, 0.5) is 5.13 Å². The van der Waals surface area contributed by atoms with Gasteiger partial charge >= 0.3 is 0 Å². The zero-order valence-electron chi connectivity index (χ0n) is 12.7. The van der Waals surface area contributed by atoms with Gasteiger partial charge in [-0.15, -0.1) is 10.2 Å². The van der Waals surface area contributed by atoms with Crippen molar-refractivity contribution in [1.29, 1.82) is 0 Å². The van der Waals surface area contributed by atoms with Crippen LogP contribution in [0.5, 0.6) is 0 Å². The zero-order valence-corrected chi connectivity index (χ0v) is 13.5. The van der Waals surface area contributed by atoms with E-state index >= 15 is 0 Å². The van der Waals surface area contributed by atoms with Gasteiger partial charge in [-0.3, -0.25) is 9.69 Å². The Kier molecular flexibility index (Phi) is 4.40. The average Bonchev–Trinajstić information content (AvgIpc) is 2.95. The molecule has 1 N–H and O–H groups in total. The molecule has 2 aliphatic heterocycles. The quantitative estimate of drug-likeness (QED) is 0.920. The van der Waals surface area contributed by atoms with E-state index in [0.717, 1.165) is 24.8 Å². The maximum atomic E-state index is 12.7. The predicted octanol–water partition coefficient (Wildman–Crippen LogP) is 1.67. The maximum Gasteiger partial charge on any atom is 0.285 e. The van der Waals surface area contributed by atoms with Crippen LogP contribution in [0.25, 0.3) is 0 Å². The van der Waals surface area contributed by atoms with Crippen LogP contribution in [0.3, 0.4) is 0 Å². The Morgan fingerprint density at radius 2 is 2.24 bits per heavy atom. The number of fused-ring (bicyclic) bond motifs is 1. The van der Waals surface area contributed by atoms with Crippen LogP contribution in [-0.4, -0.2) is 64.2 Å². The number of aromatic nitrogens is 2. The number of carbonyl (C=O) groups excluding carboxylic acids is 1. The van der Waals surface area contributed by atoms with Crippen molar-refractivity contribution >= 4 is 22.4 Å². The van der Waals surface area contributed by atoms with E-state index in [1.807, 2.05) is 11.8 Å². The molecule has 0 spiro atoms. The van der Waals surface area contributed by atoms with E-state index in [0.29, 0.717) is 11.0 Å². The van der Waals surface area contributed by atoms with Crippen molar-refractivity contribution in [3.05, 3.63) is 5.01 Å². The fraction of sp³-hybridized carbons (Fsp3) is 0.786. The molecule has 2 atom stereocenters. The summed E-state index contributed by atoms with van der Waals surface area (Å²) in [5.41, 5.74) is 0. The molecule has 2 unspecified atom stereocenters. The number of anilines is 1. The van der Waals surface area contributed by atoms with Gasteiger partial charge in [-0.1, -0.05) is 17.8 Å². The topological polar surface area (TPSA) is 61.4 Å². The number of nitrogens with zero attached hydrogens (tertiary/aromatic N) is 4. The largest absolute Gasteiger partial charge is 0.360 e. The first-order chi connectivity index (χ1) is 10.2. The Labute approximate surface area is 129 Å². The van der Waals surface area contributed by atoms with Gasteiger partial charge in [-0.25, -0.2) is 0 Å². The molecule has 1 aromatic heterocycles. The third kappa shape index (κ3) is 3.03. The summed E-state index contributed by atoms with van der Waals surface area (Å²) in [7, 11) is 0. The Morgan fingerprint density at radius 3 is 3.05 bits per heavy atom. The molecular weight excluding hydrogens is 286 g/mol. The van der Waals surface area contributed by atoms with E-state index in [9.17, 15) is 4.79 Å². The molecule has 3 rings (SSSR count). The van der Waals surface area contributed by atoms with Crippen LogP contribution >= 0.6 is 11.3 Å². The van der Waals surface area contributed by atoms with Gasteiger partial charge in [0.1, 0.15) is 0 Å². The lowest BCUT2D eigenvalue weighted by molar-refractivity contribution is 0.0151. The number of piperidine rings is 1. The normalized spacial score (nSPS) is 26.5. The third-order valence-corrected chi connectivity index (χ3v) is 5.25. The first kappa shape index (κ1) is 14.7. The Morgan fingerprint density at radius 1 is 1.38 bits per heavy atom. The highest BCUT2D eigenvalue weighted by Gasteiger charge is 2.36. The van der Waals surface area contributed by atoms with Gasteiger partial charge in [0.05, 0.1) is 0 Å². The molecule has 3 heterocycles. The average molecular weight is 309 g/mol. The highest BCUT2D eigenvalue weighted by Crippen LogP contribution is 2.26. The van der Waals surface area contributed by atoms with Crippen LogP contribution in [0, 0.1) is 0 Å². The summed E-state index contributed by atoms with van der Waals surface area (Å²) in [5.74, 6) is 0.0365. The van der Waals surface area contributed by atoms with Crippen LogP contribution in [0.2, 0.25) is 0 Å². The number of hydrogen-bond donors (Lipinski definition) is 1. The number of hydrogen-bond acceptors (Lipinski definition) is 6. The highest BCUT2D eigenvalue weighted by atomic mass is 32.1. The summed E-state index contributed by atoms with van der Waals surface area (Å²) < 4.78 is 0. The fourth-order valence-corrected chi connectivity index (χ4v) is 4.06.